The monoisotopic (exact) mass is 338 g/mol. The van der Waals surface area contributed by atoms with Crippen LogP contribution in [-0.2, 0) is 5.75 Å². The van der Waals surface area contributed by atoms with Crippen molar-refractivity contribution < 1.29 is 8.78 Å². The van der Waals surface area contributed by atoms with Gasteiger partial charge < -0.3 is 0 Å². The molecular formula is C14H9ClF2N4S. The molecule has 1 aromatic heterocycles. The molecule has 4 nitrogen and oxygen atoms in total. The van der Waals surface area contributed by atoms with Crippen molar-refractivity contribution in [2.24, 2.45) is 0 Å². The number of aromatic nitrogens is 4. The largest absolute Gasteiger partial charge is 0.214 e. The maximum Gasteiger partial charge on any atom is 0.214 e. The Morgan fingerprint density at radius 2 is 1.95 bits per heavy atom. The fourth-order valence-corrected chi connectivity index (χ4v) is 3.08. The van der Waals surface area contributed by atoms with Crippen LogP contribution in [0.4, 0.5) is 8.78 Å². The topological polar surface area (TPSA) is 43.6 Å². The Bertz CT molecular complexity index is 789. The average molecular weight is 339 g/mol. The van der Waals surface area contributed by atoms with Gasteiger partial charge in [-0.2, -0.15) is 4.68 Å². The molecule has 2 aromatic carbocycles. The summed E-state index contributed by atoms with van der Waals surface area (Å²) in [7, 11) is 0. The second kappa shape index (κ2) is 6.41. The lowest BCUT2D eigenvalue weighted by atomic mass is 10.2. The first-order valence-electron chi connectivity index (χ1n) is 6.25. The van der Waals surface area contributed by atoms with Crippen molar-refractivity contribution >= 4 is 23.4 Å². The summed E-state index contributed by atoms with van der Waals surface area (Å²) in [6.07, 6.45) is 0. The molecule has 8 heteroatoms. The van der Waals surface area contributed by atoms with Crippen LogP contribution in [0.2, 0.25) is 5.02 Å². The number of hydrogen-bond acceptors (Lipinski definition) is 4. The average Bonchev–Trinajstić information content (AvgIpc) is 2.95. The van der Waals surface area contributed by atoms with Gasteiger partial charge in [-0.15, -0.1) is 5.10 Å². The van der Waals surface area contributed by atoms with Gasteiger partial charge in [0.05, 0.1) is 5.69 Å². The fraction of sp³-hybridized carbons (Fsp3) is 0.0714. The van der Waals surface area contributed by atoms with Crippen molar-refractivity contribution in [2.45, 2.75) is 10.9 Å². The summed E-state index contributed by atoms with van der Waals surface area (Å²) in [5.41, 5.74) is 0.870. The number of tetrazole rings is 1. The molecular weight excluding hydrogens is 330 g/mol. The van der Waals surface area contributed by atoms with E-state index >= 15 is 0 Å². The Kier molecular flexibility index (Phi) is 4.35. The van der Waals surface area contributed by atoms with E-state index in [4.69, 9.17) is 11.6 Å². The van der Waals surface area contributed by atoms with Crippen LogP contribution in [0, 0.1) is 11.6 Å². The second-order valence-electron chi connectivity index (χ2n) is 4.34. The van der Waals surface area contributed by atoms with Crippen LogP contribution in [0.1, 0.15) is 5.56 Å². The summed E-state index contributed by atoms with van der Waals surface area (Å²) >= 11 is 7.20. The normalized spacial score (nSPS) is 10.9. The Morgan fingerprint density at radius 1 is 1.14 bits per heavy atom. The van der Waals surface area contributed by atoms with E-state index in [1.165, 1.54) is 34.6 Å². The molecule has 0 spiro atoms. The number of hydrogen-bond donors (Lipinski definition) is 0. The quantitative estimate of drug-likeness (QED) is 0.677. The summed E-state index contributed by atoms with van der Waals surface area (Å²) in [6, 6.07) is 10.4. The van der Waals surface area contributed by atoms with Crippen LogP contribution in [0.15, 0.2) is 47.6 Å². The third kappa shape index (κ3) is 3.10. The van der Waals surface area contributed by atoms with Crippen LogP contribution in [0.25, 0.3) is 5.69 Å². The van der Waals surface area contributed by atoms with Crippen molar-refractivity contribution in [2.75, 3.05) is 0 Å². The van der Waals surface area contributed by atoms with Crippen LogP contribution in [-0.4, -0.2) is 20.2 Å². The van der Waals surface area contributed by atoms with Gasteiger partial charge in [0, 0.05) is 16.3 Å². The van der Waals surface area contributed by atoms with E-state index in [2.05, 4.69) is 15.5 Å². The molecule has 0 saturated heterocycles. The van der Waals surface area contributed by atoms with Gasteiger partial charge in [-0.05, 0) is 40.8 Å². The fourth-order valence-electron chi connectivity index (χ4n) is 1.85. The van der Waals surface area contributed by atoms with Crippen molar-refractivity contribution in [1.82, 2.24) is 20.2 Å². The molecule has 0 radical (unpaired) electrons. The molecule has 0 atom stereocenters. The minimum atomic E-state index is -0.388. The highest BCUT2D eigenvalue weighted by Crippen LogP contribution is 2.28. The van der Waals surface area contributed by atoms with Crippen LogP contribution in [0.3, 0.4) is 0 Å². The highest BCUT2D eigenvalue weighted by atomic mass is 35.5. The van der Waals surface area contributed by atoms with Gasteiger partial charge in [-0.1, -0.05) is 35.5 Å². The molecule has 0 aliphatic heterocycles. The van der Waals surface area contributed by atoms with Crippen molar-refractivity contribution in [3.05, 3.63) is 64.7 Å². The highest BCUT2D eigenvalue weighted by molar-refractivity contribution is 7.98. The molecule has 0 bridgehead atoms. The SMILES string of the molecule is Fc1cccc(-n2nnnc2SCc2c(F)cccc2Cl)c1. The third-order valence-electron chi connectivity index (χ3n) is 2.90. The number of nitrogens with zero attached hydrogens (tertiary/aromatic N) is 4. The molecule has 1 heterocycles. The van der Waals surface area contributed by atoms with E-state index in [1.807, 2.05) is 0 Å². The molecule has 3 aromatic rings. The van der Waals surface area contributed by atoms with Gasteiger partial charge in [0.1, 0.15) is 11.6 Å². The van der Waals surface area contributed by atoms with E-state index in [-0.39, 0.29) is 17.4 Å². The highest BCUT2D eigenvalue weighted by Gasteiger charge is 2.13. The molecule has 0 amide bonds. The predicted octanol–water partition coefficient (Wildman–Crippen LogP) is 3.89. The van der Waals surface area contributed by atoms with Gasteiger partial charge in [0.25, 0.3) is 0 Å². The number of benzene rings is 2. The second-order valence-corrected chi connectivity index (χ2v) is 5.69. The molecule has 0 saturated carbocycles. The molecule has 0 fully saturated rings. The summed E-state index contributed by atoms with van der Waals surface area (Å²) in [5.74, 6) is -0.507. The molecule has 112 valence electrons. The van der Waals surface area contributed by atoms with Gasteiger partial charge in [-0.3, -0.25) is 0 Å². The molecule has 0 aliphatic rings. The summed E-state index contributed by atoms with van der Waals surface area (Å²) < 4.78 is 28.4. The number of thioether (sulfide) groups is 1. The summed E-state index contributed by atoms with van der Waals surface area (Å²) in [4.78, 5) is 0. The van der Waals surface area contributed by atoms with Gasteiger partial charge in [0.2, 0.25) is 5.16 Å². The number of rotatable bonds is 4. The van der Waals surface area contributed by atoms with E-state index in [0.29, 0.717) is 21.4 Å². The molecule has 0 unspecified atom stereocenters. The minimum Gasteiger partial charge on any atom is -0.207 e. The lowest BCUT2D eigenvalue weighted by molar-refractivity contribution is 0.617. The standard InChI is InChI=1S/C14H9ClF2N4S/c15-12-5-2-6-13(17)11(12)8-22-14-18-19-20-21(14)10-4-1-3-9(16)7-10/h1-7H,8H2. The van der Waals surface area contributed by atoms with Gasteiger partial charge in [-0.25, -0.2) is 8.78 Å². The Morgan fingerprint density at radius 3 is 2.73 bits per heavy atom. The summed E-state index contributed by atoms with van der Waals surface area (Å²) in [6.45, 7) is 0. The lowest BCUT2D eigenvalue weighted by Gasteiger charge is -2.06. The van der Waals surface area contributed by atoms with Crippen LogP contribution in [0.5, 0.6) is 0 Å². The zero-order valence-corrected chi connectivity index (χ0v) is 12.7. The van der Waals surface area contributed by atoms with E-state index in [9.17, 15) is 8.78 Å². The first-order chi connectivity index (χ1) is 10.6. The maximum atomic E-state index is 13.7. The van der Waals surface area contributed by atoms with Crippen molar-refractivity contribution in [3.8, 4) is 5.69 Å². The molecule has 0 aliphatic carbocycles. The first kappa shape index (κ1) is 14.9. The zero-order chi connectivity index (χ0) is 15.5. The van der Waals surface area contributed by atoms with E-state index in [1.54, 1.807) is 24.3 Å². The molecule has 0 N–H and O–H groups in total. The minimum absolute atomic E-state index is 0.265. The first-order valence-corrected chi connectivity index (χ1v) is 7.61. The van der Waals surface area contributed by atoms with E-state index < -0.39 is 0 Å². The zero-order valence-electron chi connectivity index (χ0n) is 11.1. The maximum absolute atomic E-state index is 13.7. The van der Waals surface area contributed by atoms with Crippen molar-refractivity contribution in [1.29, 1.82) is 0 Å². The Hall–Kier alpha value is -1.99. The molecule has 22 heavy (non-hydrogen) atoms. The Balaban J connectivity index is 1.84. The number of halogens is 3. The van der Waals surface area contributed by atoms with Crippen LogP contribution >= 0.6 is 23.4 Å². The molecule has 3 rings (SSSR count). The predicted molar refractivity (Wildman–Crippen MR) is 80.1 cm³/mol. The van der Waals surface area contributed by atoms with Gasteiger partial charge >= 0.3 is 0 Å². The third-order valence-corrected chi connectivity index (χ3v) is 4.20. The Labute approximate surface area is 134 Å². The van der Waals surface area contributed by atoms with E-state index in [0.717, 1.165) is 0 Å². The van der Waals surface area contributed by atoms with Crippen molar-refractivity contribution in [3.63, 3.8) is 0 Å². The van der Waals surface area contributed by atoms with Gasteiger partial charge in [0.15, 0.2) is 0 Å². The van der Waals surface area contributed by atoms with Crippen LogP contribution < -0.4 is 0 Å². The lowest BCUT2D eigenvalue weighted by Crippen LogP contribution is -2.00. The summed E-state index contributed by atoms with van der Waals surface area (Å²) in [5, 5.41) is 12.0. The smallest absolute Gasteiger partial charge is 0.207 e.